The molecule has 5 nitrogen and oxygen atoms in total. The smallest absolute Gasteiger partial charge is 0.295 e. The van der Waals surface area contributed by atoms with Crippen molar-refractivity contribution in [3.05, 3.63) is 21.9 Å². The lowest BCUT2D eigenvalue weighted by Gasteiger charge is -2.00. The Morgan fingerprint density at radius 2 is 2.16 bits per heavy atom. The van der Waals surface area contributed by atoms with Gasteiger partial charge in [0, 0.05) is 4.88 Å². The predicted octanol–water partition coefficient (Wildman–Crippen LogP) is 3.06. The fraction of sp³-hybridized carbons (Fsp3) is 0.417. The van der Waals surface area contributed by atoms with Gasteiger partial charge in [0.15, 0.2) is 0 Å². The molecular weight excluding hydrogens is 282 g/mol. The second-order valence-corrected chi connectivity index (χ2v) is 6.50. The number of methoxy groups -OCH3 is 1. The molecule has 0 atom stereocenters. The number of hydrogen-bond donors (Lipinski definition) is 1. The van der Waals surface area contributed by atoms with E-state index in [1.54, 1.807) is 0 Å². The molecule has 1 N–H and O–H groups in total. The first-order valence-corrected chi connectivity index (χ1v) is 7.49. The molecular formula is C12H15N3O2S2. The van der Waals surface area contributed by atoms with Gasteiger partial charge in [-0.15, -0.1) is 16.4 Å². The summed E-state index contributed by atoms with van der Waals surface area (Å²) in [6.07, 6.45) is 0.991. The second kappa shape index (κ2) is 6.12. The quantitative estimate of drug-likeness (QED) is 0.921. The van der Waals surface area contributed by atoms with Gasteiger partial charge in [-0.05, 0) is 35.8 Å². The molecule has 0 saturated carbocycles. The van der Waals surface area contributed by atoms with Gasteiger partial charge < -0.3 is 4.74 Å². The number of thiophene rings is 1. The van der Waals surface area contributed by atoms with E-state index in [1.807, 2.05) is 12.1 Å². The van der Waals surface area contributed by atoms with Crippen molar-refractivity contribution >= 4 is 33.7 Å². The molecule has 0 aliphatic rings. The Morgan fingerprint density at radius 1 is 1.37 bits per heavy atom. The topological polar surface area (TPSA) is 64.1 Å². The van der Waals surface area contributed by atoms with Gasteiger partial charge in [0.2, 0.25) is 5.13 Å². The van der Waals surface area contributed by atoms with Crippen LogP contribution in [0.25, 0.3) is 0 Å². The van der Waals surface area contributed by atoms with E-state index in [0.717, 1.165) is 6.42 Å². The van der Waals surface area contributed by atoms with Crippen molar-refractivity contribution < 1.29 is 9.53 Å². The van der Waals surface area contributed by atoms with Crippen molar-refractivity contribution in [3.8, 4) is 5.19 Å². The molecule has 2 aromatic rings. The van der Waals surface area contributed by atoms with Crippen molar-refractivity contribution in [1.82, 2.24) is 10.2 Å². The highest BCUT2D eigenvalue weighted by Crippen LogP contribution is 2.24. The number of amides is 1. The Morgan fingerprint density at radius 3 is 2.79 bits per heavy atom. The molecule has 0 fully saturated rings. The Hall–Kier alpha value is -1.47. The molecule has 0 aliphatic carbocycles. The fourth-order valence-electron chi connectivity index (χ4n) is 1.51. The molecule has 2 heterocycles. The van der Waals surface area contributed by atoms with Crippen LogP contribution in [0, 0.1) is 5.92 Å². The minimum atomic E-state index is -0.154. The summed E-state index contributed by atoms with van der Waals surface area (Å²) >= 11 is 2.72. The van der Waals surface area contributed by atoms with Gasteiger partial charge in [0.25, 0.3) is 11.1 Å². The van der Waals surface area contributed by atoms with E-state index in [9.17, 15) is 4.79 Å². The number of nitrogens with one attached hydrogen (secondary N) is 1. The van der Waals surface area contributed by atoms with E-state index in [1.165, 1.54) is 34.7 Å². The van der Waals surface area contributed by atoms with Gasteiger partial charge >= 0.3 is 0 Å². The lowest BCUT2D eigenvalue weighted by Crippen LogP contribution is -2.09. The standard InChI is InChI=1S/C12H15N3O2S2/c1-7(2)6-8-4-5-9(18-8)10(16)13-11-14-15-12(17-3)19-11/h4-5,7H,6H2,1-3H3,(H,13,14,16). The Balaban J connectivity index is 2.01. The zero-order chi connectivity index (χ0) is 13.8. The van der Waals surface area contributed by atoms with Crippen LogP contribution in [0.1, 0.15) is 28.4 Å². The van der Waals surface area contributed by atoms with Crippen molar-refractivity contribution in [2.24, 2.45) is 5.92 Å². The summed E-state index contributed by atoms with van der Waals surface area (Å²) in [4.78, 5) is 13.9. The summed E-state index contributed by atoms with van der Waals surface area (Å²) in [5.41, 5.74) is 0. The average molecular weight is 297 g/mol. The molecule has 0 radical (unpaired) electrons. The van der Waals surface area contributed by atoms with Gasteiger partial charge in [-0.2, -0.15) is 0 Å². The maximum absolute atomic E-state index is 12.0. The summed E-state index contributed by atoms with van der Waals surface area (Å²) in [5.74, 6) is 0.431. The van der Waals surface area contributed by atoms with Crippen LogP contribution in [-0.4, -0.2) is 23.2 Å². The highest BCUT2D eigenvalue weighted by Gasteiger charge is 2.13. The number of aromatic nitrogens is 2. The van der Waals surface area contributed by atoms with Crippen LogP contribution in [0.3, 0.4) is 0 Å². The summed E-state index contributed by atoms with van der Waals surface area (Å²) in [5, 5.41) is 11.2. The summed E-state index contributed by atoms with van der Waals surface area (Å²) < 4.78 is 4.93. The van der Waals surface area contributed by atoms with E-state index >= 15 is 0 Å². The van der Waals surface area contributed by atoms with E-state index in [-0.39, 0.29) is 5.91 Å². The third-order valence-electron chi connectivity index (χ3n) is 2.30. The molecule has 0 saturated heterocycles. The molecule has 19 heavy (non-hydrogen) atoms. The zero-order valence-electron chi connectivity index (χ0n) is 11.0. The zero-order valence-corrected chi connectivity index (χ0v) is 12.6. The van der Waals surface area contributed by atoms with E-state index in [0.29, 0.717) is 21.1 Å². The maximum atomic E-state index is 12.0. The van der Waals surface area contributed by atoms with Gasteiger partial charge in [-0.1, -0.05) is 18.9 Å². The third-order valence-corrected chi connectivity index (χ3v) is 4.20. The summed E-state index contributed by atoms with van der Waals surface area (Å²) in [6, 6.07) is 3.84. The molecule has 0 spiro atoms. The summed E-state index contributed by atoms with van der Waals surface area (Å²) in [6.45, 7) is 4.32. The van der Waals surface area contributed by atoms with Crippen LogP contribution in [0.4, 0.5) is 5.13 Å². The van der Waals surface area contributed by atoms with Gasteiger partial charge in [-0.3, -0.25) is 10.1 Å². The van der Waals surface area contributed by atoms with Crippen molar-refractivity contribution in [2.45, 2.75) is 20.3 Å². The number of anilines is 1. The molecule has 1 amide bonds. The van der Waals surface area contributed by atoms with Crippen LogP contribution in [0.2, 0.25) is 0 Å². The van der Waals surface area contributed by atoms with Gasteiger partial charge in [0.1, 0.15) is 0 Å². The lowest BCUT2D eigenvalue weighted by molar-refractivity contribution is 0.103. The van der Waals surface area contributed by atoms with Crippen molar-refractivity contribution in [2.75, 3.05) is 12.4 Å². The Labute approximate surface area is 119 Å². The first kappa shape index (κ1) is 14.0. The fourth-order valence-corrected chi connectivity index (χ4v) is 3.18. The van der Waals surface area contributed by atoms with Crippen LogP contribution >= 0.6 is 22.7 Å². The number of ether oxygens (including phenoxy) is 1. The van der Waals surface area contributed by atoms with Crippen molar-refractivity contribution in [1.29, 1.82) is 0 Å². The average Bonchev–Trinajstić information content (AvgIpc) is 2.97. The molecule has 2 aromatic heterocycles. The molecule has 0 unspecified atom stereocenters. The minimum absolute atomic E-state index is 0.154. The van der Waals surface area contributed by atoms with E-state index < -0.39 is 0 Å². The molecule has 0 aromatic carbocycles. The monoisotopic (exact) mass is 297 g/mol. The molecule has 7 heteroatoms. The SMILES string of the molecule is COc1nnc(NC(=O)c2ccc(CC(C)C)s2)s1. The maximum Gasteiger partial charge on any atom is 0.295 e. The number of rotatable bonds is 5. The number of carbonyl (C=O) groups is 1. The van der Waals surface area contributed by atoms with Crippen molar-refractivity contribution in [3.63, 3.8) is 0 Å². The molecule has 102 valence electrons. The number of hydrogen-bond acceptors (Lipinski definition) is 6. The Bertz CT molecular complexity index is 563. The van der Waals surface area contributed by atoms with Crippen LogP contribution in [0.15, 0.2) is 12.1 Å². The van der Waals surface area contributed by atoms with Gasteiger partial charge in [-0.25, -0.2) is 0 Å². The summed E-state index contributed by atoms with van der Waals surface area (Å²) in [7, 11) is 1.52. The number of nitrogens with zero attached hydrogens (tertiary/aromatic N) is 2. The molecule has 0 aliphatic heterocycles. The van der Waals surface area contributed by atoms with Gasteiger partial charge in [0.05, 0.1) is 12.0 Å². The largest absolute Gasteiger partial charge is 0.472 e. The van der Waals surface area contributed by atoms with Crippen LogP contribution in [0.5, 0.6) is 5.19 Å². The molecule has 2 rings (SSSR count). The lowest BCUT2D eigenvalue weighted by atomic mass is 10.1. The normalized spacial score (nSPS) is 10.7. The highest BCUT2D eigenvalue weighted by molar-refractivity contribution is 7.17. The highest BCUT2D eigenvalue weighted by atomic mass is 32.1. The second-order valence-electron chi connectivity index (χ2n) is 4.40. The van der Waals surface area contributed by atoms with E-state index in [2.05, 4.69) is 29.4 Å². The van der Waals surface area contributed by atoms with Crippen LogP contribution in [-0.2, 0) is 6.42 Å². The number of carbonyl (C=O) groups excluding carboxylic acids is 1. The third kappa shape index (κ3) is 3.74. The Kier molecular flexibility index (Phi) is 4.49. The van der Waals surface area contributed by atoms with Crippen LogP contribution < -0.4 is 10.1 Å². The minimum Gasteiger partial charge on any atom is -0.472 e. The predicted molar refractivity (Wildman–Crippen MR) is 77.3 cm³/mol. The molecule has 0 bridgehead atoms. The van der Waals surface area contributed by atoms with E-state index in [4.69, 9.17) is 4.74 Å². The first-order chi connectivity index (χ1) is 9.08. The first-order valence-electron chi connectivity index (χ1n) is 5.86.